The molecule has 0 saturated carbocycles. The lowest BCUT2D eigenvalue weighted by molar-refractivity contribution is 1.08. The lowest BCUT2D eigenvalue weighted by Crippen LogP contribution is -2.01. The van der Waals surface area contributed by atoms with Gasteiger partial charge in [-0.3, -0.25) is 0 Å². The summed E-state index contributed by atoms with van der Waals surface area (Å²) in [5, 5.41) is 1.83. The molecule has 4 nitrogen and oxygen atoms in total. The van der Waals surface area contributed by atoms with Crippen LogP contribution in [0.1, 0.15) is 11.0 Å². The summed E-state index contributed by atoms with van der Waals surface area (Å²) in [5.74, 6) is 1.59. The normalized spacial score (nSPS) is 13.5. The van der Waals surface area contributed by atoms with E-state index < -0.39 is 24.2 Å². The third kappa shape index (κ3) is 5.45. The highest BCUT2D eigenvalue weighted by Crippen LogP contribution is 2.40. The fraction of sp³-hybridized carbons (Fsp3) is 0. The predicted octanol–water partition coefficient (Wildman–Crippen LogP) is 12.5. The molecule has 0 fully saturated rings. The molecule has 0 spiro atoms. The summed E-state index contributed by atoms with van der Waals surface area (Å²) in [4.78, 5) is 14.9. The smallest absolute Gasteiger partial charge is 0.164 e. The Morgan fingerprint density at radius 3 is 1.40 bits per heavy atom. The number of hydrogen-bond acceptors (Lipinski definition) is 3. The van der Waals surface area contributed by atoms with Gasteiger partial charge in [-0.25, -0.2) is 15.0 Å². The lowest BCUT2D eigenvalue weighted by Gasteiger charge is -2.16. The first-order valence-electron chi connectivity index (χ1n) is 21.2. The Balaban J connectivity index is 1.26. The second kappa shape index (κ2) is 12.9. The zero-order valence-corrected chi connectivity index (χ0v) is 28.1. The van der Waals surface area contributed by atoms with E-state index in [4.69, 9.17) is 25.9 Å². The van der Waals surface area contributed by atoms with E-state index >= 15 is 0 Å². The highest BCUT2D eigenvalue weighted by Gasteiger charge is 2.18. The number of aromatic nitrogens is 4. The maximum Gasteiger partial charge on any atom is 0.164 e. The number of benzene rings is 8. The number of fused-ring (bicyclic) bond motifs is 4. The molecule has 8 aromatic carbocycles. The minimum absolute atomic E-state index is 0.0246. The van der Waals surface area contributed by atoms with Gasteiger partial charge in [0.05, 0.1) is 22.0 Å². The van der Waals surface area contributed by atoms with Crippen molar-refractivity contribution in [1.29, 1.82) is 0 Å². The van der Waals surface area contributed by atoms with Crippen molar-refractivity contribution in [2.24, 2.45) is 0 Å². The summed E-state index contributed by atoms with van der Waals surface area (Å²) >= 11 is 0. The van der Waals surface area contributed by atoms with Crippen LogP contribution in [-0.2, 0) is 0 Å². The molecule has 10 aromatic rings. The summed E-state index contributed by atoms with van der Waals surface area (Å²) in [7, 11) is 0. The summed E-state index contributed by atoms with van der Waals surface area (Å²) in [6.45, 7) is 0. The Bertz CT molecular complexity index is 3260. The molecule has 0 amide bonds. The Labute approximate surface area is 318 Å². The first-order chi connectivity index (χ1) is 29.6. The van der Waals surface area contributed by atoms with E-state index in [1.807, 2.05) is 140 Å². The third-order valence-corrected chi connectivity index (χ3v) is 9.49. The van der Waals surface area contributed by atoms with Gasteiger partial charge in [0.2, 0.25) is 0 Å². The van der Waals surface area contributed by atoms with Crippen LogP contribution in [0.2, 0.25) is 0 Å². The van der Waals surface area contributed by atoms with Crippen LogP contribution in [0.25, 0.3) is 94.7 Å². The molecule has 0 aliphatic heterocycles. The van der Waals surface area contributed by atoms with Crippen LogP contribution < -0.4 is 0 Å². The van der Waals surface area contributed by atoms with Gasteiger partial charge in [-0.2, -0.15) is 0 Å². The average molecular weight is 685 g/mol. The van der Waals surface area contributed by atoms with Gasteiger partial charge >= 0.3 is 0 Å². The zero-order chi connectivity index (χ0) is 42.1. The highest BCUT2D eigenvalue weighted by molar-refractivity contribution is 6.10. The summed E-state index contributed by atoms with van der Waals surface area (Å²) < 4.78 is 72.1. The van der Waals surface area contributed by atoms with E-state index in [0.717, 1.165) is 49.7 Å². The van der Waals surface area contributed by atoms with Crippen LogP contribution in [0, 0.1) is 0 Å². The van der Waals surface area contributed by atoms with Crippen LogP contribution >= 0.6 is 0 Å². The van der Waals surface area contributed by atoms with Gasteiger partial charge in [0.1, 0.15) is 0 Å². The number of hydrogen-bond donors (Lipinski definition) is 0. The fourth-order valence-corrected chi connectivity index (χ4v) is 7.05. The molecule has 0 saturated heterocycles. The lowest BCUT2D eigenvalue weighted by atomic mass is 9.92. The van der Waals surface area contributed by atoms with Crippen LogP contribution in [-0.4, -0.2) is 19.5 Å². The monoisotopic (exact) mass is 684 g/mol. The van der Waals surface area contributed by atoms with Crippen molar-refractivity contribution in [3.63, 3.8) is 0 Å². The van der Waals surface area contributed by atoms with E-state index in [9.17, 15) is 0 Å². The van der Waals surface area contributed by atoms with Crippen molar-refractivity contribution in [2.45, 2.75) is 0 Å². The molecular formula is C49H32N4. The van der Waals surface area contributed by atoms with E-state index in [2.05, 4.69) is 6.07 Å². The Kier molecular flexibility index (Phi) is 5.66. The Morgan fingerprint density at radius 1 is 0.358 bits per heavy atom. The molecule has 0 atom stereocenters. The molecule has 53 heavy (non-hydrogen) atoms. The van der Waals surface area contributed by atoms with Gasteiger partial charge in [0.25, 0.3) is 0 Å². The van der Waals surface area contributed by atoms with Crippen LogP contribution in [0.4, 0.5) is 0 Å². The van der Waals surface area contributed by atoms with Crippen LogP contribution in [0.5, 0.6) is 0 Å². The first kappa shape index (κ1) is 23.3. The SMILES string of the molecule is [2H]c1c([2H])c([2H])c2c(c1[2H])c1c([2H])c([2H])c([2H])c([2H])c1n2-c1cc(-c2ccccc2)cc(-c2ccc(-c3nc(-c4ccccc4)nc(-c4ccccc4)n3)c3ccccc23)c1. The molecule has 248 valence electrons. The van der Waals surface area contributed by atoms with E-state index in [0.29, 0.717) is 23.2 Å². The predicted molar refractivity (Wildman–Crippen MR) is 219 cm³/mol. The fourth-order valence-electron chi connectivity index (χ4n) is 7.05. The summed E-state index contributed by atoms with van der Waals surface area (Å²) in [5.41, 5.74) is 6.36. The molecule has 0 bridgehead atoms. The van der Waals surface area contributed by atoms with Crippen molar-refractivity contribution in [3.8, 4) is 62.1 Å². The van der Waals surface area contributed by atoms with Gasteiger partial charge in [-0.05, 0) is 69.4 Å². The highest BCUT2D eigenvalue weighted by atomic mass is 15.0. The standard InChI is InChI=1S/C49H32N4/c1-4-16-33(17-5-1)36-30-37(32-38(31-36)53-45-26-14-12-24-42(45)43-25-13-15-27-46(43)53)39-28-29-44(41-23-11-10-22-40(39)41)49-51-47(34-18-6-2-7-19-34)50-48(52-49)35-20-8-3-9-21-35/h1-32H/i12D,13D,14D,15D,24D,25D,26D,27D. The van der Waals surface area contributed by atoms with Gasteiger partial charge in [0.15, 0.2) is 17.5 Å². The number of nitrogens with zero attached hydrogens (tertiary/aromatic N) is 4. The molecule has 0 unspecified atom stereocenters. The first-order valence-corrected chi connectivity index (χ1v) is 17.2. The van der Waals surface area contributed by atoms with Gasteiger partial charge in [0, 0.05) is 33.2 Å². The van der Waals surface area contributed by atoms with Crippen LogP contribution in [0.3, 0.4) is 0 Å². The maximum atomic E-state index is 9.14. The van der Waals surface area contributed by atoms with Gasteiger partial charge < -0.3 is 4.57 Å². The van der Waals surface area contributed by atoms with Crippen molar-refractivity contribution in [3.05, 3.63) is 194 Å². The number of para-hydroxylation sites is 2. The topological polar surface area (TPSA) is 43.6 Å². The largest absolute Gasteiger partial charge is 0.309 e. The molecule has 0 aliphatic rings. The molecule has 2 heterocycles. The molecule has 0 aliphatic carbocycles. The maximum absolute atomic E-state index is 9.14. The van der Waals surface area contributed by atoms with Crippen molar-refractivity contribution in [2.75, 3.05) is 0 Å². The molecule has 2 aromatic heterocycles. The molecule has 0 N–H and O–H groups in total. The number of rotatable bonds is 6. The Morgan fingerprint density at radius 2 is 0.811 bits per heavy atom. The van der Waals surface area contributed by atoms with Crippen molar-refractivity contribution in [1.82, 2.24) is 19.5 Å². The van der Waals surface area contributed by atoms with Gasteiger partial charge in [-0.1, -0.05) is 158 Å². The van der Waals surface area contributed by atoms with Crippen molar-refractivity contribution >= 4 is 32.6 Å². The molecule has 4 heteroatoms. The second-order valence-corrected chi connectivity index (χ2v) is 12.7. The Hall–Kier alpha value is -7.17. The van der Waals surface area contributed by atoms with Crippen molar-refractivity contribution < 1.29 is 11.0 Å². The van der Waals surface area contributed by atoms with Gasteiger partial charge in [-0.15, -0.1) is 0 Å². The molecule has 10 rings (SSSR count). The molecule has 0 radical (unpaired) electrons. The van der Waals surface area contributed by atoms with E-state index in [-0.39, 0.29) is 46.0 Å². The average Bonchev–Trinajstić information content (AvgIpc) is 3.68. The van der Waals surface area contributed by atoms with E-state index in [1.54, 1.807) is 4.57 Å². The minimum atomic E-state index is -0.487. The second-order valence-electron chi connectivity index (χ2n) is 12.7. The quantitative estimate of drug-likeness (QED) is 0.175. The van der Waals surface area contributed by atoms with Crippen LogP contribution in [0.15, 0.2) is 194 Å². The zero-order valence-electron chi connectivity index (χ0n) is 36.1. The minimum Gasteiger partial charge on any atom is -0.309 e. The summed E-state index contributed by atoms with van der Waals surface area (Å²) in [6, 6.07) is 43.8. The molecular weight excluding hydrogens is 645 g/mol. The summed E-state index contributed by atoms with van der Waals surface area (Å²) in [6.07, 6.45) is 0. The van der Waals surface area contributed by atoms with E-state index in [1.165, 1.54) is 0 Å². The third-order valence-electron chi connectivity index (χ3n) is 9.49.